The van der Waals surface area contributed by atoms with Gasteiger partial charge in [-0.25, -0.2) is 4.98 Å². The normalized spacial score (nSPS) is 22.7. The van der Waals surface area contributed by atoms with Crippen LogP contribution in [0.25, 0.3) is 11.1 Å². The average molecular weight is 517 g/mol. The summed E-state index contributed by atoms with van der Waals surface area (Å²) in [4.78, 5) is 4.57. The zero-order chi connectivity index (χ0) is 25.4. The molecule has 2 aromatic rings. The molecule has 4 rings (SSSR count). The van der Waals surface area contributed by atoms with Gasteiger partial charge in [0.05, 0.1) is 17.2 Å². The Morgan fingerprint density at radius 2 is 1.86 bits per heavy atom. The van der Waals surface area contributed by atoms with Gasteiger partial charge in [-0.1, -0.05) is 23.7 Å². The Hall–Kier alpha value is -1.90. The second-order valence-corrected chi connectivity index (χ2v) is 10.6. The predicted molar refractivity (Wildman–Crippen MR) is 147 cm³/mol. The molecule has 1 atom stereocenters. The molecule has 2 aliphatic rings. The first-order valence-corrected chi connectivity index (χ1v) is 13.5. The zero-order valence-corrected chi connectivity index (χ0v) is 22.6. The number of benzene rings is 1. The SMILES string of the molecule is COC[C@H](C)NC1CCC(Nc2cc(-c3cccc(NCC4(OC)CCOCC4)c3)c(Cl)cn2)CC1. The molecule has 0 amide bonds. The molecule has 1 aromatic carbocycles. The van der Waals surface area contributed by atoms with Crippen LogP contribution < -0.4 is 16.0 Å². The van der Waals surface area contributed by atoms with Crippen molar-refractivity contribution >= 4 is 23.1 Å². The standard InChI is InChI=1S/C28H41ClN4O3/c1-20(18-34-2)32-22-7-9-23(10-8-22)33-27-16-25(26(29)17-30-27)21-5-4-6-24(15-21)31-19-28(35-3)11-13-36-14-12-28/h4-6,15-17,20,22-23,31-32H,7-14,18-19H2,1-3H3,(H,30,33)/t20-,22?,23?/m0/s1. The third kappa shape index (κ3) is 7.33. The van der Waals surface area contributed by atoms with Crippen molar-refractivity contribution in [2.75, 3.05) is 51.2 Å². The monoisotopic (exact) mass is 516 g/mol. The smallest absolute Gasteiger partial charge is 0.126 e. The van der Waals surface area contributed by atoms with Crippen LogP contribution in [0.5, 0.6) is 0 Å². The highest BCUT2D eigenvalue weighted by Crippen LogP contribution is 2.32. The van der Waals surface area contributed by atoms with Crippen LogP contribution in [-0.2, 0) is 14.2 Å². The molecular weight excluding hydrogens is 476 g/mol. The summed E-state index contributed by atoms with van der Waals surface area (Å²) in [5.74, 6) is 0.873. The summed E-state index contributed by atoms with van der Waals surface area (Å²) in [5.41, 5.74) is 2.91. The van der Waals surface area contributed by atoms with Crippen molar-refractivity contribution in [3.63, 3.8) is 0 Å². The van der Waals surface area contributed by atoms with E-state index in [-0.39, 0.29) is 5.60 Å². The van der Waals surface area contributed by atoms with Gasteiger partial charge in [0.1, 0.15) is 5.82 Å². The Kier molecular flexibility index (Phi) is 9.85. The van der Waals surface area contributed by atoms with Crippen molar-refractivity contribution in [3.8, 4) is 11.1 Å². The van der Waals surface area contributed by atoms with E-state index in [1.807, 2.05) is 0 Å². The quantitative estimate of drug-likeness (QED) is 0.371. The molecule has 0 spiro atoms. The first-order chi connectivity index (χ1) is 17.5. The molecule has 0 unspecified atom stereocenters. The van der Waals surface area contributed by atoms with Crippen LogP contribution in [0.1, 0.15) is 45.4 Å². The molecule has 198 valence electrons. The second kappa shape index (κ2) is 13.1. The van der Waals surface area contributed by atoms with E-state index in [1.54, 1.807) is 20.4 Å². The van der Waals surface area contributed by atoms with Gasteiger partial charge in [-0.15, -0.1) is 0 Å². The van der Waals surface area contributed by atoms with Crippen LogP contribution in [-0.4, -0.2) is 69.3 Å². The second-order valence-electron chi connectivity index (χ2n) is 10.2. The van der Waals surface area contributed by atoms with Gasteiger partial charge in [0.15, 0.2) is 0 Å². The fraction of sp³-hybridized carbons (Fsp3) is 0.607. The van der Waals surface area contributed by atoms with Gasteiger partial charge in [-0.05, 0) is 56.4 Å². The molecule has 0 radical (unpaired) electrons. The average Bonchev–Trinajstić information content (AvgIpc) is 2.90. The molecular formula is C28H41ClN4O3. The molecule has 1 saturated heterocycles. The Bertz CT molecular complexity index is 962. The van der Waals surface area contributed by atoms with Gasteiger partial charge in [-0.3, -0.25) is 0 Å². The third-order valence-corrected chi connectivity index (χ3v) is 7.80. The molecule has 1 aromatic heterocycles. The molecule has 0 bridgehead atoms. The number of aromatic nitrogens is 1. The van der Waals surface area contributed by atoms with Gasteiger partial charge < -0.3 is 30.2 Å². The number of hydrogen-bond donors (Lipinski definition) is 3. The zero-order valence-electron chi connectivity index (χ0n) is 21.8. The number of pyridine rings is 1. The van der Waals surface area contributed by atoms with Gasteiger partial charge in [0.2, 0.25) is 0 Å². The maximum atomic E-state index is 6.60. The molecule has 1 saturated carbocycles. The van der Waals surface area contributed by atoms with Gasteiger partial charge in [0.25, 0.3) is 0 Å². The number of methoxy groups -OCH3 is 2. The maximum absolute atomic E-state index is 6.60. The Labute approximate surface area is 220 Å². The highest BCUT2D eigenvalue weighted by molar-refractivity contribution is 6.33. The number of ether oxygens (including phenoxy) is 3. The lowest BCUT2D eigenvalue weighted by Gasteiger charge is -2.36. The van der Waals surface area contributed by atoms with Crippen LogP contribution in [0.2, 0.25) is 5.02 Å². The first-order valence-electron chi connectivity index (χ1n) is 13.1. The molecule has 2 heterocycles. The largest absolute Gasteiger partial charge is 0.383 e. The van der Waals surface area contributed by atoms with Crippen LogP contribution in [0.3, 0.4) is 0 Å². The highest BCUT2D eigenvalue weighted by atomic mass is 35.5. The highest BCUT2D eigenvalue weighted by Gasteiger charge is 2.32. The molecule has 1 aliphatic heterocycles. The van der Waals surface area contributed by atoms with E-state index in [0.29, 0.717) is 23.1 Å². The van der Waals surface area contributed by atoms with Crippen molar-refractivity contribution < 1.29 is 14.2 Å². The van der Waals surface area contributed by atoms with Gasteiger partial charge in [0, 0.05) is 82.4 Å². The summed E-state index contributed by atoms with van der Waals surface area (Å²) in [6, 6.07) is 11.8. The van der Waals surface area contributed by atoms with Crippen LogP contribution in [0.15, 0.2) is 36.5 Å². The number of nitrogens with zero attached hydrogens (tertiary/aromatic N) is 1. The first kappa shape index (κ1) is 27.1. The summed E-state index contributed by atoms with van der Waals surface area (Å²) in [7, 11) is 3.54. The summed E-state index contributed by atoms with van der Waals surface area (Å²) in [5, 5.41) is 11.5. The molecule has 8 heteroatoms. The van der Waals surface area contributed by atoms with E-state index in [2.05, 4.69) is 58.2 Å². The fourth-order valence-electron chi connectivity index (χ4n) is 5.31. The van der Waals surface area contributed by atoms with E-state index in [1.165, 1.54) is 0 Å². The summed E-state index contributed by atoms with van der Waals surface area (Å²) in [6.07, 6.45) is 8.06. The van der Waals surface area contributed by atoms with E-state index < -0.39 is 0 Å². The van der Waals surface area contributed by atoms with Gasteiger partial charge >= 0.3 is 0 Å². The van der Waals surface area contributed by atoms with Crippen LogP contribution >= 0.6 is 11.6 Å². The predicted octanol–water partition coefficient (Wildman–Crippen LogP) is 5.36. The molecule has 2 fully saturated rings. The van der Waals surface area contributed by atoms with E-state index in [4.69, 9.17) is 25.8 Å². The lowest BCUT2D eigenvalue weighted by atomic mass is 9.90. The lowest BCUT2D eigenvalue weighted by Crippen LogP contribution is -2.44. The van der Waals surface area contributed by atoms with Crippen molar-refractivity contribution in [2.45, 2.75) is 69.2 Å². The number of anilines is 2. The van der Waals surface area contributed by atoms with E-state index >= 15 is 0 Å². The van der Waals surface area contributed by atoms with Crippen LogP contribution in [0.4, 0.5) is 11.5 Å². The van der Waals surface area contributed by atoms with Gasteiger partial charge in [-0.2, -0.15) is 0 Å². The van der Waals surface area contributed by atoms with Crippen molar-refractivity contribution in [3.05, 3.63) is 41.6 Å². The number of nitrogens with one attached hydrogen (secondary N) is 3. The fourth-order valence-corrected chi connectivity index (χ4v) is 5.52. The summed E-state index contributed by atoms with van der Waals surface area (Å²) in [6.45, 7) is 5.15. The minimum Gasteiger partial charge on any atom is -0.383 e. The third-order valence-electron chi connectivity index (χ3n) is 7.50. The Morgan fingerprint density at radius 3 is 2.58 bits per heavy atom. The number of hydrogen-bond acceptors (Lipinski definition) is 7. The Balaban J connectivity index is 1.37. The number of rotatable bonds is 11. The molecule has 36 heavy (non-hydrogen) atoms. The van der Waals surface area contributed by atoms with E-state index in [0.717, 1.165) is 87.5 Å². The summed E-state index contributed by atoms with van der Waals surface area (Å²) >= 11 is 6.60. The number of halogens is 1. The molecule has 3 N–H and O–H groups in total. The lowest BCUT2D eigenvalue weighted by molar-refractivity contribution is -0.0807. The van der Waals surface area contributed by atoms with E-state index in [9.17, 15) is 0 Å². The topological polar surface area (TPSA) is 76.7 Å². The Morgan fingerprint density at radius 1 is 1.11 bits per heavy atom. The molecule has 7 nitrogen and oxygen atoms in total. The molecule has 1 aliphatic carbocycles. The minimum absolute atomic E-state index is 0.185. The van der Waals surface area contributed by atoms with Crippen molar-refractivity contribution in [1.29, 1.82) is 0 Å². The maximum Gasteiger partial charge on any atom is 0.126 e. The van der Waals surface area contributed by atoms with Crippen molar-refractivity contribution in [1.82, 2.24) is 10.3 Å². The van der Waals surface area contributed by atoms with Crippen LogP contribution in [0, 0.1) is 0 Å². The summed E-state index contributed by atoms with van der Waals surface area (Å²) < 4.78 is 16.6. The minimum atomic E-state index is -0.185. The van der Waals surface area contributed by atoms with Crippen molar-refractivity contribution in [2.24, 2.45) is 0 Å².